The Hall–Kier alpha value is -1.17. The lowest BCUT2D eigenvalue weighted by atomic mass is 10.0. The molecule has 0 aliphatic carbocycles. The van der Waals surface area contributed by atoms with Crippen molar-refractivity contribution in [2.75, 3.05) is 13.2 Å². The number of nitrogens with one attached hydrogen (secondary N) is 1. The normalized spacial score (nSPS) is 13.9. The number of carbonyl (C=O) groups excluding carboxylic acids is 1. The van der Waals surface area contributed by atoms with Crippen LogP contribution in [-0.4, -0.2) is 34.9 Å². The van der Waals surface area contributed by atoms with Gasteiger partial charge in [0.25, 0.3) is 5.91 Å². The first kappa shape index (κ1) is 15.9. The van der Waals surface area contributed by atoms with Crippen molar-refractivity contribution in [3.8, 4) is 0 Å². The minimum absolute atomic E-state index is 0.00131. The summed E-state index contributed by atoms with van der Waals surface area (Å²) >= 11 is 5.80. The maximum Gasteiger partial charge on any atom is 0.253 e. The highest BCUT2D eigenvalue weighted by Crippen LogP contribution is 2.17. The van der Waals surface area contributed by atoms with Crippen LogP contribution in [0.15, 0.2) is 18.2 Å². The summed E-state index contributed by atoms with van der Waals surface area (Å²) in [6, 6.07) is 3.51. The summed E-state index contributed by atoms with van der Waals surface area (Å²) in [5.74, 6) is -1.10. The Labute approximate surface area is 116 Å². The molecule has 4 nitrogen and oxygen atoms in total. The quantitative estimate of drug-likeness (QED) is 0.747. The highest BCUT2D eigenvalue weighted by atomic mass is 35.5. The summed E-state index contributed by atoms with van der Waals surface area (Å²) < 4.78 is 13.0. The molecular formula is C13H17ClFNO3. The average molecular weight is 290 g/mol. The molecule has 0 fully saturated rings. The van der Waals surface area contributed by atoms with Crippen LogP contribution >= 0.6 is 11.6 Å². The van der Waals surface area contributed by atoms with Gasteiger partial charge in [0, 0.05) is 13.2 Å². The Morgan fingerprint density at radius 1 is 1.53 bits per heavy atom. The SMILES string of the molecule is C[C@](O)(CCCO)CNC(=O)c1cc(F)ccc1Cl. The first-order chi connectivity index (χ1) is 8.85. The van der Waals surface area contributed by atoms with Crippen molar-refractivity contribution in [2.24, 2.45) is 0 Å². The lowest BCUT2D eigenvalue weighted by Gasteiger charge is -2.23. The van der Waals surface area contributed by atoms with Crippen molar-refractivity contribution in [2.45, 2.75) is 25.4 Å². The number of carbonyl (C=O) groups is 1. The van der Waals surface area contributed by atoms with Crippen molar-refractivity contribution in [1.29, 1.82) is 0 Å². The zero-order valence-electron chi connectivity index (χ0n) is 10.6. The van der Waals surface area contributed by atoms with Gasteiger partial charge in [0.2, 0.25) is 0 Å². The smallest absolute Gasteiger partial charge is 0.253 e. The Morgan fingerprint density at radius 3 is 2.84 bits per heavy atom. The third-order valence-electron chi connectivity index (χ3n) is 2.68. The second kappa shape index (κ2) is 6.84. The summed E-state index contributed by atoms with van der Waals surface area (Å²) in [7, 11) is 0. The molecule has 1 amide bonds. The molecule has 0 aliphatic heterocycles. The van der Waals surface area contributed by atoms with Gasteiger partial charge < -0.3 is 15.5 Å². The monoisotopic (exact) mass is 289 g/mol. The van der Waals surface area contributed by atoms with E-state index in [1.54, 1.807) is 6.92 Å². The van der Waals surface area contributed by atoms with Crippen LogP contribution in [0.4, 0.5) is 4.39 Å². The Balaban J connectivity index is 2.62. The number of halogens is 2. The zero-order chi connectivity index (χ0) is 14.5. The van der Waals surface area contributed by atoms with E-state index < -0.39 is 17.3 Å². The Bertz CT molecular complexity index is 452. The van der Waals surface area contributed by atoms with Gasteiger partial charge in [0.05, 0.1) is 16.2 Å². The van der Waals surface area contributed by atoms with Crippen LogP contribution < -0.4 is 5.32 Å². The fourth-order valence-electron chi connectivity index (χ4n) is 1.59. The summed E-state index contributed by atoms with van der Waals surface area (Å²) in [4.78, 5) is 11.8. The molecule has 0 spiro atoms. The van der Waals surface area contributed by atoms with Crippen LogP contribution in [0.25, 0.3) is 0 Å². The van der Waals surface area contributed by atoms with E-state index in [9.17, 15) is 14.3 Å². The third kappa shape index (κ3) is 5.14. The van der Waals surface area contributed by atoms with Gasteiger partial charge in [-0.25, -0.2) is 4.39 Å². The van der Waals surface area contributed by atoms with Gasteiger partial charge in [0.1, 0.15) is 5.82 Å². The number of hydrogen-bond acceptors (Lipinski definition) is 3. The van der Waals surface area contributed by atoms with Crippen LogP contribution in [-0.2, 0) is 0 Å². The highest BCUT2D eigenvalue weighted by Gasteiger charge is 2.21. The number of aliphatic hydroxyl groups is 2. The largest absolute Gasteiger partial charge is 0.396 e. The summed E-state index contributed by atoms with van der Waals surface area (Å²) in [6.07, 6.45) is 0.782. The molecule has 1 atom stereocenters. The van der Waals surface area contributed by atoms with E-state index in [0.717, 1.165) is 12.1 Å². The van der Waals surface area contributed by atoms with Crippen LogP contribution in [0, 0.1) is 5.82 Å². The van der Waals surface area contributed by atoms with Crippen molar-refractivity contribution in [3.05, 3.63) is 34.6 Å². The van der Waals surface area contributed by atoms with Gasteiger partial charge in [-0.15, -0.1) is 0 Å². The van der Waals surface area contributed by atoms with Gasteiger partial charge >= 0.3 is 0 Å². The Kier molecular flexibility index (Phi) is 5.72. The van der Waals surface area contributed by atoms with E-state index >= 15 is 0 Å². The molecule has 1 aromatic carbocycles. The lowest BCUT2D eigenvalue weighted by Crippen LogP contribution is -2.40. The molecule has 3 N–H and O–H groups in total. The highest BCUT2D eigenvalue weighted by molar-refractivity contribution is 6.33. The van der Waals surface area contributed by atoms with Gasteiger partial charge in [-0.3, -0.25) is 4.79 Å². The molecule has 1 aromatic rings. The molecular weight excluding hydrogens is 273 g/mol. The summed E-state index contributed by atoms with van der Waals surface area (Å²) in [5.41, 5.74) is -1.10. The van der Waals surface area contributed by atoms with E-state index in [0.29, 0.717) is 12.8 Å². The van der Waals surface area contributed by atoms with Crippen molar-refractivity contribution < 1.29 is 19.4 Å². The first-order valence-corrected chi connectivity index (χ1v) is 6.30. The predicted octanol–water partition coefficient (Wildman–Crippen LogP) is 1.73. The lowest BCUT2D eigenvalue weighted by molar-refractivity contribution is 0.0415. The third-order valence-corrected chi connectivity index (χ3v) is 3.01. The van der Waals surface area contributed by atoms with E-state index in [4.69, 9.17) is 16.7 Å². The standard InChI is InChI=1S/C13H17ClFNO3/c1-13(19,5-2-6-17)8-16-12(18)10-7-9(15)3-4-11(10)14/h3-4,7,17,19H,2,5-6,8H2,1H3,(H,16,18)/t13-/m0/s1. The van der Waals surface area contributed by atoms with Gasteiger partial charge in [-0.2, -0.15) is 0 Å². The second-order valence-corrected chi connectivity index (χ2v) is 5.04. The topological polar surface area (TPSA) is 69.6 Å². The van der Waals surface area contributed by atoms with Gasteiger partial charge in [-0.05, 0) is 38.0 Å². The molecule has 0 saturated heterocycles. The Morgan fingerprint density at radius 2 is 2.21 bits per heavy atom. The van der Waals surface area contributed by atoms with Crippen molar-refractivity contribution >= 4 is 17.5 Å². The summed E-state index contributed by atoms with van der Waals surface area (Å²) in [6.45, 7) is 1.52. The maximum atomic E-state index is 13.0. The van der Waals surface area contributed by atoms with Crippen LogP contribution in [0.5, 0.6) is 0 Å². The number of benzene rings is 1. The van der Waals surface area contributed by atoms with Crippen LogP contribution in [0.3, 0.4) is 0 Å². The molecule has 0 aliphatic rings. The second-order valence-electron chi connectivity index (χ2n) is 4.63. The van der Waals surface area contributed by atoms with Crippen LogP contribution in [0.2, 0.25) is 5.02 Å². The molecule has 106 valence electrons. The molecule has 0 bridgehead atoms. The number of rotatable bonds is 6. The van der Waals surface area contributed by atoms with E-state index in [-0.39, 0.29) is 23.7 Å². The van der Waals surface area contributed by atoms with Crippen molar-refractivity contribution in [1.82, 2.24) is 5.32 Å². The maximum absolute atomic E-state index is 13.0. The fraction of sp³-hybridized carbons (Fsp3) is 0.462. The number of aliphatic hydroxyl groups excluding tert-OH is 1. The molecule has 6 heteroatoms. The zero-order valence-corrected chi connectivity index (χ0v) is 11.4. The van der Waals surface area contributed by atoms with Crippen molar-refractivity contribution in [3.63, 3.8) is 0 Å². The van der Waals surface area contributed by atoms with E-state index in [1.165, 1.54) is 6.07 Å². The minimum atomic E-state index is -1.13. The molecule has 0 heterocycles. The summed E-state index contributed by atoms with van der Waals surface area (Å²) in [5, 5.41) is 21.3. The van der Waals surface area contributed by atoms with Crippen LogP contribution in [0.1, 0.15) is 30.1 Å². The van der Waals surface area contributed by atoms with E-state index in [1.807, 2.05) is 0 Å². The molecule has 0 saturated carbocycles. The number of amides is 1. The molecule has 1 rings (SSSR count). The van der Waals surface area contributed by atoms with Gasteiger partial charge in [-0.1, -0.05) is 11.6 Å². The average Bonchev–Trinajstić information content (AvgIpc) is 2.36. The minimum Gasteiger partial charge on any atom is -0.396 e. The van der Waals surface area contributed by atoms with E-state index in [2.05, 4.69) is 5.32 Å². The number of hydrogen-bond donors (Lipinski definition) is 3. The molecule has 0 unspecified atom stereocenters. The molecule has 0 radical (unpaired) electrons. The predicted molar refractivity (Wildman–Crippen MR) is 70.7 cm³/mol. The molecule has 0 aromatic heterocycles. The molecule has 19 heavy (non-hydrogen) atoms. The fourth-order valence-corrected chi connectivity index (χ4v) is 1.79. The van der Waals surface area contributed by atoms with Gasteiger partial charge in [0.15, 0.2) is 0 Å². The first-order valence-electron chi connectivity index (χ1n) is 5.92.